The van der Waals surface area contributed by atoms with E-state index in [1.54, 1.807) is 6.92 Å². The molecular formula is C15H18O4. The minimum absolute atomic E-state index is 0.0642. The molecule has 0 saturated carbocycles. The van der Waals surface area contributed by atoms with Gasteiger partial charge in [-0.3, -0.25) is 4.79 Å². The normalized spacial score (nSPS) is 33.1. The van der Waals surface area contributed by atoms with Gasteiger partial charge in [-0.05, 0) is 30.8 Å². The van der Waals surface area contributed by atoms with E-state index in [1.165, 1.54) is 12.5 Å². The Labute approximate surface area is 111 Å². The van der Waals surface area contributed by atoms with Gasteiger partial charge in [0, 0.05) is 11.1 Å². The van der Waals surface area contributed by atoms with Crippen molar-refractivity contribution >= 4 is 5.78 Å². The highest BCUT2D eigenvalue weighted by Gasteiger charge is 2.49. The summed E-state index contributed by atoms with van der Waals surface area (Å²) in [6.45, 7) is 5.70. The van der Waals surface area contributed by atoms with Crippen LogP contribution >= 0.6 is 0 Å². The lowest BCUT2D eigenvalue weighted by Gasteiger charge is -2.31. The van der Waals surface area contributed by atoms with Crippen molar-refractivity contribution in [3.63, 3.8) is 0 Å². The molecule has 0 bridgehead atoms. The van der Waals surface area contributed by atoms with Gasteiger partial charge >= 0.3 is 0 Å². The first-order valence-electron chi connectivity index (χ1n) is 6.48. The highest BCUT2D eigenvalue weighted by Crippen LogP contribution is 2.51. The van der Waals surface area contributed by atoms with Crippen LogP contribution in [-0.4, -0.2) is 21.6 Å². The van der Waals surface area contributed by atoms with E-state index in [4.69, 9.17) is 4.42 Å². The standard InChI is InChI=1S/C15H18O4/c1-14(2)4-8-11(5-14)15(3,18)13(17)10-7-19-6-9(10)12(8)16/h6-7,13,17-18H,4-5H2,1-3H3/t13-,15-/m1/s1. The highest BCUT2D eigenvalue weighted by molar-refractivity contribution is 6.11. The van der Waals surface area contributed by atoms with E-state index in [0.29, 0.717) is 35.1 Å². The fourth-order valence-electron chi connectivity index (χ4n) is 3.27. The first-order chi connectivity index (χ1) is 8.74. The fraction of sp³-hybridized carbons (Fsp3) is 0.533. The van der Waals surface area contributed by atoms with Crippen LogP contribution in [0.5, 0.6) is 0 Å². The maximum absolute atomic E-state index is 12.6. The third-order valence-corrected chi connectivity index (χ3v) is 4.32. The molecule has 3 rings (SSSR count). The second kappa shape index (κ2) is 3.58. The monoisotopic (exact) mass is 262 g/mol. The summed E-state index contributed by atoms with van der Waals surface area (Å²) in [5.74, 6) is -0.124. The van der Waals surface area contributed by atoms with E-state index in [0.717, 1.165) is 0 Å². The smallest absolute Gasteiger partial charge is 0.192 e. The second-order valence-corrected chi connectivity index (χ2v) is 6.59. The Kier molecular flexibility index (Phi) is 2.38. The number of allylic oxidation sites excluding steroid dienone is 1. The Morgan fingerprint density at radius 1 is 1.26 bits per heavy atom. The van der Waals surface area contributed by atoms with Crippen molar-refractivity contribution in [1.29, 1.82) is 0 Å². The van der Waals surface area contributed by atoms with E-state index in [2.05, 4.69) is 13.8 Å². The molecule has 102 valence electrons. The summed E-state index contributed by atoms with van der Waals surface area (Å²) in [6, 6.07) is 0. The van der Waals surface area contributed by atoms with Crippen LogP contribution in [0.15, 0.2) is 28.1 Å². The maximum atomic E-state index is 12.6. The number of carbonyl (C=O) groups excluding carboxylic acids is 1. The summed E-state index contributed by atoms with van der Waals surface area (Å²) in [6.07, 6.45) is 2.82. The molecule has 2 aliphatic rings. The van der Waals surface area contributed by atoms with E-state index >= 15 is 0 Å². The molecule has 0 fully saturated rings. The molecule has 0 spiro atoms. The van der Waals surface area contributed by atoms with Gasteiger partial charge in [0.15, 0.2) is 5.78 Å². The molecule has 1 aromatic rings. The molecule has 19 heavy (non-hydrogen) atoms. The van der Waals surface area contributed by atoms with Gasteiger partial charge in [0.05, 0.1) is 11.8 Å². The van der Waals surface area contributed by atoms with Crippen LogP contribution < -0.4 is 0 Å². The molecule has 1 aromatic heterocycles. The van der Waals surface area contributed by atoms with Crippen molar-refractivity contribution < 1.29 is 19.4 Å². The topological polar surface area (TPSA) is 70.7 Å². The number of carbonyl (C=O) groups is 1. The lowest BCUT2D eigenvalue weighted by molar-refractivity contribution is -0.0391. The van der Waals surface area contributed by atoms with Gasteiger partial charge in [0.2, 0.25) is 0 Å². The Morgan fingerprint density at radius 2 is 1.95 bits per heavy atom. The molecule has 0 unspecified atom stereocenters. The van der Waals surface area contributed by atoms with Crippen molar-refractivity contribution in [3.05, 3.63) is 34.8 Å². The van der Waals surface area contributed by atoms with Gasteiger partial charge in [-0.25, -0.2) is 0 Å². The van der Waals surface area contributed by atoms with Crippen molar-refractivity contribution in [2.75, 3.05) is 0 Å². The molecule has 0 radical (unpaired) electrons. The van der Waals surface area contributed by atoms with Crippen LogP contribution in [0.2, 0.25) is 0 Å². The molecule has 0 aromatic carbocycles. The molecule has 2 N–H and O–H groups in total. The Bertz CT molecular complexity index is 589. The molecule has 2 atom stereocenters. The third-order valence-electron chi connectivity index (χ3n) is 4.32. The number of aliphatic hydroxyl groups excluding tert-OH is 1. The highest BCUT2D eigenvalue weighted by atomic mass is 16.3. The third kappa shape index (κ3) is 1.63. The van der Waals surface area contributed by atoms with Gasteiger partial charge in [0.25, 0.3) is 0 Å². The lowest BCUT2D eigenvalue weighted by atomic mass is 9.81. The maximum Gasteiger partial charge on any atom is 0.192 e. The van der Waals surface area contributed by atoms with Crippen LogP contribution in [0, 0.1) is 5.41 Å². The number of rotatable bonds is 0. The molecule has 4 heteroatoms. The summed E-state index contributed by atoms with van der Waals surface area (Å²) in [5.41, 5.74) is 0.567. The van der Waals surface area contributed by atoms with Gasteiger partial charge in [0.1, 0.15) is 18.0 Å². The van der Waals surface area contributed by atoms with Gasteiger partial charge < -0.3 is 14.6 Å². The number of fused-ring (bicyclic) bond motifs is 1. The first kappa shape index (κ1) is 12.6. The van der Waals surface area contributed by atoms with Crippen LogP contribution in [0.3, 0.4) is 0 Å². The zero-order chi connectivity index (χ0) is 14.0. The van der Waals surface area contributed by atoms with E-state index in [9.17, 15) is 15.0 Å². The van der Waals surface area contributed by atoms with E-state index in [-0.39, 0.29) is 11.2 Å². The molecule has 0 amide bonds. The number of hydrogen-bond acceptors (Lipinski definition) is 4. The van der Waals surface area contributed by atoms with Gasteiger partial charge in [-0.1, -0.05) is 13.8 Å². The van der Waals surface area contributed by atoms with Crippen LogP contribution in [0.1, 0.15) is 55.6 Å². The van der Waals surface area contributed by atoms with Crippen molar-refractivity contribution in [1.82, 2.24) is 0 Å². The summed E-state index contributed by atoms with van der Waals surface area (Å²) in [7, 11) is 0. The second-order valence-electron chi connectivity index (χ2n) is 6.59. The zero-order valence-electron chi connectivity index (χ0n) is 11.4. The van der Waals surface area contributed by atoms with Crippen molar-refractivity contribution in [2.24, 2.45) is 5.41 Å². The van der Waals surface area contributed by atoms with Crippen LogP contribution in [0.25, 0.3) is 0 Å². The number of Topliss-reactive ketones (excluding diaryl/α,β-unsaturated/α-hetero) is 1. The number of furan rings is 1. The summed E-state index contributed by atoms with van der Waals surface area (Å²) in [4.78, 5) is 12.6. The summed E-state index contributed by atoms with van der Waals surface area (Å²) in [5, 5.41) is 21.1. The van der Waals surface area contributed by atoms with Crippen molar-refractivity contribution in [2.45, 2.75) is 45.3 Å². The average Bonchev–Trinajstić information content (AvgIpc) is 2.89. The Morgan fingerprint density at radius 3 is 2.63 bits per heavy atom. The minimum atomic E-state index is -1.42. The van der Waals surface area contributed by atoms with Crippen LogP contribution in [0.4, 0.5) is 0 Å². The van der Waals surface area contributed by atoms with E-state index < -0.39 is 11.7 Å². The largest absolute Gasteiger partial charge is 0.471 e. The zero-order valence-corrected chi connectivity index (χ0v) is 11.4. The van der Waals surface area contributed by atoms with Gasteiger partial charge in [-0.15, -0.1) is 0 Å². The van der Waals surface area contributed by atoms with E-state index in [1.807, 2.05) is 0 Å². The predicted molar refractivity (Wildman–Crippen MR) is 68.7 cm³/mol. The van der Waals surface area contributed by atoms with Crippen molar-refractivity contribution in [3.8, 4) is 0 Å². The average molecular weight is 262 g/mol. The quantitative estimate of drug-likeness (QED) is 0.753. The van der Waals surface area contributed by atoms with Crippen LogP contribution in [-0.2, 0) is 0 Å². The fourth-order valence-corrected chi connectivity index (χ4v) is 3.27. The molecule has 4 nitrogen and oxygen atoms in total. The summed E-state index contributed by atoms with van der Waals surface area (Å²) < 4.78 is 5.04. The lowest BCUT2D eigenvalue weighted by Crippen LogP contribution is -2.35. The summed E-state index contributed by atoms with van der Waals surface area (Å²) >= 11 is 0. The SMILES string of the molecule is CC1(C)CC2=C(C1)[C@@](C)(O)[C@H](O)c1cocc1C2=O. The van der Waals surface area contributed by atoms with Gasteiger partial charge in [-0.2, -0.15) is 0 Å². The Hall–Kier alpha value is -1.39. The minimum Gasteiger partial charge on any atom is -0.471 e. The number of ketones is 1. The first-order valence-corrected chi connectivity index (χ1v) is 6.48. The molecule has 0 aliphatic heterocycles. The number of hydrogen-bond donors (Lipinski definition) is 2. The Balaban J connectivity index is 2.23. The molecular weight excluding hydrogens is 244 g/mol. The molecule has 0 saturated heterocycles. The molecule has 1 heterocycles. The predicted octanol–water partition coefficient (Wildman–Crippen LogP) is 2.38. The number of aliphatic hydroxyl groups is 2. The molecule has 2 aliphatic carbocycles.